The van der Waals surface area contributed by atoms with E-state index in [4.69, 9.17) is 17.3 Å². The number of nitrogen functional groups attached to an aromatic ring is 1. The van der Waals surface area contributed by atoms with Gasteiger partial charge in [0.05, 0.1) is 10.6 Å². The molecule has 0 radical (unpaired) electrons. The number of nitrogens with zero attached hydrogens (tertiary/aromatic N) is 2. The van der Waals surface area contributed by atoms with Gasteiger partial charge in [0.2, 0.25) is 5.91 Å². The van der Waals surface area contributed by atoms with Gasteiger partial charge >= 0.3 is 0 Å². The summed E-state index contributed by atoms with van der Waals surface area (Å²) in [6.45, 7) is 1.31. The topological polar surface area (TPSA) is 66.6 Å². The van der Waals surface area contributed by atoms with Crippen LogP contribution in [-0.2, 0) is 4.79 Å². The Hall–Kier alpha value is -1.75. The average molecular weight is 294 g/mol. The summed E-state index contributed by atoms with van der Waals surface area (Å²) in [5.41, 5.74) is 6.53. The highest BCUT2D eigenvalue weighted by molar-refractivity contribution is 6.34. The highest BCUT2D eigenvalue weighted by Gasteiger charge is 2.37. The smallest absolute Gasteiger partial charge is 0.255 e. The molecule has 1 saturated heterocycles. The van der Waals surface area contributed by atoms with Crippen LogP contribution in [0.5, 0.6) is 0 Å². The van der Waals surface area contributed by atoms with Gasteiger partial charge in [0.1, 0.15) is 6.54 Å². The number of carbonyl (C=O) groups is 2. The van der Waals surface area contributed by atoms with E-state index in [0.29, 0.717) is 35.4 Å². The quantitative estimate of drug-likeness (QED) is 0.838. The van der Waals surface area contributed by atoms with E-state index in [1.54, 1.807) is 23.1 Å². The number of nitrogens with two attached hydrogens (primary N) is 1. The third-order valence-corrected chi connectivity index (χ3v) is 4.07. The number of amides is 2. The fourth-order valence-electron chi connectivity index (χ4n) is 2.51. The molecular formula is C14H16ClN3O2. The SMILES string of the molecule is Nc1ccc(C(=O)N2CCN(C3CC3)C(=O)C2)c(Cl)c1. The summed E-state index contributed by atoms with van der Waals surface area (Å²) in [6.07, 6.45) is 2.17. The molecule has 0 unspecified atom stereocenters. The van der Waals surface area contributed by atoms with Crippen LogP contribution in [-0.4, -0.2) is 47.3 Å². The van der Waals surface area contributed by atoms with Crippen molar-refractivity contribution >= 4 is 29.1 Å². The second-order valence-electron chi connectivity index (χ2n) is 5.28. The summed E-state index contributed by atoms with van der Waals surface area (Å²) in [4.78, 5) is 27.9. The molecule has 5 nitrogen and oxygen atoms in total. The van der Waals surface area contributed by atoms with Gasteiger partial charge in [0.15, 0.2) is 0 Å². The number of rotatable bonds is 2. The minimum atomic E-state index is -0.209. The average Bonchev–Trinajstić information content (AvgIpc) is 3.22. The first-order chi connectivity index (χ1) is 9.56. The van der Waals surface area contributed by atoms with Crippen LogP contribution in [0.3, 0.4) is 0 Å². The molecule has 2 amide bonds. The Kier molecular flexibility index (Phi) is 3.30. The number of anilines is 1. The molecule has 1 aromatic rings. The normalized spacial score (nSPS) is 19.4. The van der Waals surface area contributed by atoms with Crippen LogP contribution in [0.25, 0.3) is 0 Å². The zero-order valence-electron chi connectivity index (χ0n) is 11.0. The molecule has 0 atom stereocenters. The molecule has 1 aliphatic carbocycles. The van der Waals surface area contributed by atoms with Crippen molar-refractivity contribution in [1.82, 2.24) is 9.80 Å². The molecule has 20 heavy (non-hydrogen) atoms. The monoisotopic (exact) mass is 293 g/mol. The standard InChI is InChI=1S/C14H16ClN3O2/c15-12-7-9(16)1-4-11(12)14(20)17-5-6-18(10-2-3-10)13(19)8-17/h1,4,7,10H,2-3,5-6,8,16H2. The second-order valence-corrected chi connectivity index (χ2v) is 5.69. The van der Waals surface area contributed by atoms with Gasteiger partial charge in [-0.3, -0.25) is 9.59 Å². The molecule has 106 valence electrons. The van der Waals surface area contributed by atoms with Crippen molar-refractivity contribution in [2.45, 2.75) is 18.9 Å². The minimum absolute atomic E-state index is 0.0265. The van der Waals surface area contributed by atoms with Gasteiger partial charge in [0.25, 0.3) is 5.91 Å². The summed E-state index contributed by atoms with van der Waals surface area (Å²) in [5, 5.41) is 0.326. The maximum atomic E-state index is 12.4. The van der Waals surface area contributed by atoms with Crippen LogP contribution in [0.1, 0.15) is 23.2 Å². The number of hydrogen-bond acceptors (Lipinski definition) is 3. The molecule has 1 saturated carbocycles. The van der Waals surface area contributed by atoms with E-state index in [1.165, 1.54) is 0 Å². The van der Waals surface area contributed by atoms with E-state index in [1.807, 2.05) is 4.90 Å². The molecule has 3 rings (SSSR count). The van der Waals surface area contributed by atoms with Gasteiger partial charge in [0, 0.05) is 24.8 Å². The number of halogens is 1. The van der Waals surface area contributed by atoms with Crippen molar-refractivity contribution < 1.29 is 9.59 Å². The minimum Gasteiger partial charge on any atom is -0.399 e. The molecule has 0 bridgehead atoms. The molecule has 2 N–H and O–H groups in total. The lowest BCUT2D eigenvalue weighted by atomic mass is 10.1. The van der Waals surface area contributed by atoms with E-state index in [0.717, 1.165) is 12.8 Å². The number of hydrogen-bond donors (Lipinski definition) is 1. The lowest BCUT2D eigenvalue weighted by Crippen LogP contribution is -2.52. The van der Waals surface area contributed by atoms with Crippen LogP contribution in [0.4, 0.5) is 5.69 Å². The van der Waals surface area contributed by atoms with Crippen molar-refractivity contribution in [3.63, 3.8) is 0 Å². The van der Waals surface area contributed by atoms with E-state index in [2.05, 4.69) is 0 Å². The first-order valence-corrected chi connectivity index (χ1v) is 7.08. The molecule has 6 heteroatoms. The Morgan fingerprint density at radius 3 is 2.65 bits per heavy atom. The third kappa shape index (κ3) is 2.45. The largest absolute Gasteiger partial charge is 0.399 e. The van der Waals surface area contributed by atoms with E-state index >= 15 is 0 Å². The summed E-state index contributed by atoms with van der Waals surface area (Å²) in [7, 11) is 0. The van der Waals surface area contributed by atoms with E-state index in [9.17, 15) is 9.59 Å². The third-order valence-electron chi connectivity index (χ3n) is 3.76. The fraction of sp³-hybridized carbons (Fsp3) is 0.429. The van der Waals surface area contributed by atoms with Gasteiger partial charge in [-0.05, 0) is 31.0 Å². The summed E-state index contributed by atoms with van der Waals surface area (Å²) in [5.74, 6) is -0.183. The van der Waals surface area contributed by atoms with Gasteiger partial charge < -0.3 is 15.5 Å². The van der Waals surface area contributed by atoms with Gasteiger partial charge in [-0.1, -0.05) is 11.6 Å². The van der Waals surface area contributed by atoms with Crippen molar-refractivity contribution in [2.24, 2.45) is 0 Å². The van der Waals surface area contributed by atoms with Crippen LogP contribution in [0, 0.1) is 0 Å². The predicted octanol–water partition coefficient (Wildman–Crippen LogP) is 1.37. The number of piperazine rings is 1. The molecule has 2 aliphatic rings. The van der Waals surface area contributed by atoms with Crippen molar-refractivity contribution in [3.05, 3.63) is 28.8 Å². The Morgan fingerprint density at radius 1 is 1.30 bits per heavy atom. The van der Waals surface area contributed by atoms with Gasteiger partial charge in [-0.2, -0.15) is 0 Å². The summed E-state index contributed by atoms with van der Waals surface area (Å²) in [6, 6.07) is 5.20. The van der Waals surface area contributed by atoms with Crippen LogP contribution in [0.2, 0.25) is 5.02 Å². The zero-order valence-corrected chi connectivity index (χ0v) is 11.8. The molecule has 0 spiro atoms. The Bertz CT molecular complexity index is 572. The molecule has 2 fully saturated rings. The van der Waals surface area contributed by atoms with Crippen molar-refractivity contribution in [3.8, 4) is 0 Å². The predicted molar refractivity (Wildman–Crippen MR) is 76.5 cm³/mol. The van der Waals surface area contributed by atoms with E-state index < -0.39 is 0 Å². The summed E-state index contributed by atoms with van der Waals surface area (Å²) < 4.78 is 0. The Morgan fingerprint density at radius 2 is 2.05 bits per heavy atom. The molecule has 1 aromatic carbocycles. The summed E-state index contributed by atoms with van der Waals surface area (Å²) >= 11 is 6.05. The van der Waals surface area contributed by atoms with Crippen molar-refractivity contribution in [2.75, 3.05) is 25.4 Å². The molecule has 1 aliphatic heterocycles. The highest BCUT2D eigenvalue weighted by atomic mass is 35.5. The highest BCUT2D eigenvalue weighted by Crippen LogP contribution is 2.28. The number of benzene rings is 1. The zero-order chi connectivity index (χ0) is 14.3. The molecule has 0 aromatic heterocycles. The van der Waals surface area contributed by atoms with Crippen LogP contribution < -0.4 is 5.73 Å². The Balaban J connectivity index is 1.73. The van der Waals surface area contributed by atoms with Crippen LogP contribution >= 0.6 is 11.6 Å². The van der Waals surface area contributed by atoms with Crippen molar-refractivity contribution in [1.29, 1.82) is 0 Å². The maximum Gasteiger partial charge on any atom is 0.255 e. The lowest BCUT2D eigenvalue weighted by molar-refractivity contribution is -0.135. The van der Waals surface area contributed by atoms with Crippen LogP contribution in [0.15, 0.2) is 18.2 Å². The second kappa shape index (κ2) is 4.98. The first kappa shape index (κ1) is 13.2. The fourth-order valence-corrected chi connectivity index (χ4v) is 2.78. The lowest BCUT2D eigenvalue weighted by Gasteiger charge is -2.34. The molecular weight excluding hydrogens is 278 g/mol. The first-order valence-electron chi connectivity index (χ1n) is 6.70. The van der Waals surface area contributed by atoms with Gasteiger partial charge in [-0.25, -0.2) is 0 Å². The maximum absolute atomic E-state index is 12.4. The van der Waals surface area contributed by atoms with Gasteiger partial charge in [-0.15, -0.1) is 0 Å². The Labute approximate surface area is 122 Å². The van der Waals surface area contributed by atoms with E-state index in [-0.39, 0.29) is 18.4 Å². The molecule has 1 heterocycles. The number of carbonyl (C=O) groups excluding carboxylic acids is 2.